The fraction of sp³-hybridized carbons (Fsp3) is 0.400. The van der Waals surface area contributed by atoms with Gasteiger partial charge in [0, 0.05) is 18.2 Å². The second-order valence-electron chi connectivity index (χ2n) is 6.81. The Kier molecular flexibility index (Phi) is 6.26. The Morgan fingerprint density at radius 3 is 2.59 bits per heavy atom. The van der Waals surface area contributed by atoms with Gasteiger partial charge in [0.2, 0.25) is 5.91 Å². The van der Waals surface area contributed by atoms with Crippen LogP contribution in [0.15, 0.2) is 41.6 Å². The molecule has 3 atom stereocenters. The number of thioether (sulfide) groups is 1. The van der Waals surface area contributed by atoms with E-state index in [1.165, 1.54) is 23.6 Å². The third-order valence-corrected chi connectivity index (χ3v) is 6.26. The van der Waals surface area contributed by atoms with Gasteiger partial charge in [0.1, 0.15) is 23.7 Å². The number of esters is 1. The molecule has 3 rings (SSSR count). The summed E-state index contributed by atoms with van der Waals surface area (Å²) >= 11 is 1.34. The van der Waals surface area contributed by atoms with Crippen molar-refractivity contribution in [1.29, 1.82) is 0 Å². The lowest BCUT2D eigenvalue weighted by atomic mass is 9.94. The standard InChI is InChI=1S/C20H22N2O6S/c1-3-14(12-7-5-4-6-8-12)17(24)21-15-18(25)22-16(20(26)27)13(9-28-11(2)23)10-29-19(15)22/h4-8,14-15,19H,3,9-10H2,1-2H3,(H,21,24)(H,26,27)/t14-,15-,19-/m1/s1. The van der Waals surface area contributed by atoms with Crippen molar-refractivity contribution in [3.8, 4) is 0 Å². The molecule has 2 heterocycles. The summed E-state index contributed by atoms with van der Waals surface area (Å²) < 4.78 is 4.91. The summed E-state index contributed by atoms with van der Waals surface area (Å²) in [7, 11) is 0. The molecule has 2 aliphatic rings. The number of carbonyl (C=O) groups is 4. The molecule has 1 fully saturated rings. The molecule has 2 N–H and O–H groups in total. The number of nitrogens with one attached hydrogen (secondary N) is 1. The van der Waals surface area contributed by atoms with Crippen molar-refractivity contribution in [1.82, 2.24) is 10.2 Å². The lowest BCUT2D eigenvalue weighted by Crippen LogP contribution is -2.71. The SMILES string of the molecule is CC[C@@H](C(=O)N[C@@H]1C(=O)N2C(C(=O)O)=C(COC(C)=O)CS[C@H]12)c1ccccc1. The molecule has 0 bridgehead atoms. The molecule has 2 amide bonds. The van der Waals surface area contributed by atoms with E-state index >= 15 is 0 Å². The number of hydrogen-bond acceptors (Lipinski definition) is 6. The van der Waals surface area contributed by atoms with Crippen LogP contribution in [0.5, 0.6) is 0 Å². The largest absolute Gasteiger partial charge is 0.477 e. The van der Waals surface area contributed by atoms with Crippen molar-refractivity contribution in [3.63, 3.8) is 0 Å². The minimum absolute atomic E-state index is 0.166. The molecule has 0 spiro atoms. The van der Waals surface area contributed by atoms with E-state index in [2.05, 4.69) is 5.32 Å². The molecule has 29 heavy (non-hydrogen) atoms. The molecule has 1 aromatic rings. The zero-order valence-electron chi connectivity index (χ0n) is 16.1. The number of amides is 2. The van der Waals surface area contributed by atoms with Crippen molar-refractivity contribution in [2.75, 3.05) is 12.4 Å². The van der Waals surface area contributed by atoms with Crippen molar-refractivity contribution < 1.29 is 29.0 Å². The summed E-state index contributed by atoms with van der Waals surface area (Å²) in [5.74, 6) is -2.61. The number of rotatable bonds is 7. The van der Waals surface area contributed by atoms with E-state index in [9.17, 15) is 24.3 Å². The Bertz CT molecular complexity index is 869. The fourth-order valence-corrected chi connectivity index (χ4v) is 4.82. The molecule has 8 nitrogen and oxygen atoms in total. The third-order valence-electron chi connectivity index (χ3n) is 4.92. The summed E-state index contributed by atoms with van der Waals surface area (Å²) in [4.78, 5) is 49.4. The second kappa shape index (κ2) is 8.69. The lowest BCUT2D eigenvalue weighted by Gasteiger charge is -2.49. The Morgan fingerprint density at radius 1 is 1.31 bits per heavy atom. The van der Waals surface area contributed by atoms with Crippen LogP contribution in [0.25, 0.3) is 0 Å². The normalized spacial score (nSPS) is 21.7. The molecule has 0 aromatic heterocycles. The van der Waals surface area contributed by atoms with Gasteiger partial charge >= 0.3 is 11.9 Å². The molecule has 2 aliphatic heterocycles. The van der Waals surface area contributed by atoms with E-state index in [4.69, 9.17) is 4.74 Å². The Balaban J connectivity index is 1.74. The molecule has 0 saturated carbocycles. The molecular formula is C20H22N2O6S. The highest BCUT2D eigenvalue weighted by Crippen LogP contribution is 2.40. The first-order valence-corrected chi connectivity index (χ1v) is 10.3. The van der Waals surface area contributed by atoms with Crippen molar-refractivity contribution >= 4 is 35.5 Å². The van der Waals surface area contributed by atoms with Crippen LogP contribution < -0.4 is 5.32 Å². The van der Waals surface area contributed by atoms with E-state index in [-0.39, 0.29) is 24.1 Å². The molecule has 0 aliphatic carbocycles. The van der Waals surface area contributed by atoms with Crippen LogP contribution >= 0.6 is 11.8 Å². The number of carboxylic acid groups (broad SMARTS) is 1. The van der Waals surface area contributed by atoms with Crippen LogP contribution in [0.1, 0.15) is 31.7 Å². The summed E-state index contributed by atoms with van der Waals surface area (Å²) in [6.07, 6.45) is 0.574. The third kappa shape index (κ3) is 4.14. The van der Waals surface area contributed by atoms with Gasteiger partial charge < -0.3 is 15.2 Å². The van der Waals surface area contributed by atoms with Crippen LogP contribution in [0.3, 0.4) is 0 Å². The van der Waals surface area contributed by atoms with Gasteiger partial charge in [-0.1, -0.05) is 37.3 Å². The van der Waals surface area contributed by atoms with Crippen molar-refractivity contribution in [2.45, 2.75) is 37.6 Å². The zero-order chi connectivity index (χ0) is 21.1. The van der Waals surface area contributed by atoms with Gasteiger partial charge in [0.05, 0.1) is 5.92 Å². The first-order valence-electron chi connectivity index (χ1n) is 9.23. The van der Waals surface area contributed by atoms with Crippen LogP contribution in [0.2, 0.25) is 0 Å². The average molecular weight is 418 g/mol. The molecule has 154 valence electrons. The lowest BCUT2D eigenvalue weighted by molar-refractivity contribution is -0.151. The smallest absolute Gasteiger partial charge is 0.352 e. The van der Waals surface area contributed by atoms with E-state index < -0.39 is 29.3 Å². The van der Waals surface area contributed by atoms with Crippen LogP contribution in [-0.2, 0) is 23.9 Å². The number of benzene rings is 1. The van der Waals surface area contributed by atoms with Gasteiger partial charge in [0.15, 0.2) is 0 Å². The topological polar surface area (TPSA) is 113 Å². The molecule has 1 saturated heterocycles. The summed E-state index contributed by atoms with van der Waals surface area (Å²) in [5, 5.41) is 11.9. The van der Waals surface area contributed by atoms with Gasteiger partial charge in [-0.05, 0) is 12.0 Å². The van der Waals surface area contributed by atoms with Gasteiger partial charge in [-0.2, -0.15) is 0 Å². The number of aliphatic carboxylic acids is 1. The summed E-state index contributed by atoms with van der Waals surface area (Å²) in [6.45, 7) is 2.95. The first kappa shape index (κ1) is 20.9. The zero-order valence-corrected chi connectivity index (χ0v) is 16.9. The maximum atomic E-state index is 12.8. The molecule has 0 unspecified atom stereocenters. The number of ether oxygens (including phenoxy) is 1. The van der Waals surface area contributed by atoms with Crippen molar-refractivity contribution in [2.24, 2.45) is 0 Å². The van der Waals surface area contributed by atoms with Gasteiger partial charge in [-0.25, -0.2) is 4.79 Å². The minimum Gasteiger partial charge on any atom is -0.477 e. The predicted molar refractivity (Wildman–Crippen MR) is 106 cm³/mol. The average Bonchev–Trinajstić information content (AvgIpc) is 2.70. The maximum absolute atomic E-state index is 12.8. The first-order chi connectivity index (χ1) is 13.8. The van der Waals surface area contributed by atoms with E-state index in [0.29, 0.717) is 17.7 Å². The monoisotopic (exact) mass is 418 g/mol. The van der Waals surface area contributed by atoms with Crippen molar-refractivity contribution in [3.05, 3.63) is 47.2 Å². The quantitative estimate of drug-likeness (QED) is 0.509. The molecule has 1 aromatic carbocycles. The maximum Gasteiger partial charge on any atom is 0.352 e. The van der Waals surface area contributed by atoms with Gasteiger partial charge in [-0.3, -0.25) is 19.3 Å². The Morgan fingerprint density at radius 2 is 2.00 bits per heavy atom. The second-order valence-corrected chi connectivity index (χ2v) is 7.91. The van der Waals surface area contributed by atoms with E-state index in [0.717, 1.165) is 5.56 Å². The molecule has 0 radical (unpaired) electrons. The number of fused-ring (bicyclic) bond motifs is 1. The highest BCUT2D eigenvalue weighted by atomic mass is 32.2. The number of hydrogen-bond donors (Lipinski definition) is 2. The summed E-state index contributed by atoms with van der Waals surface area (Å²) in [5.41, 5.74) is 1.06. The van der Waals surface area contributed by atoms with Gasteiger partial charge in [0.25, 0.3) is 5.91 Å². The summed E-state index contributed by atoms with van der Waals surface area (Å²) in [6, 6.07) is 8.53. The van der Waals surface area contributed by atoms with Crippen LogP contribution in [0, 0.1) is 0 Å². The number of carbonyl (C=O) groups excluding carboxylic acids is 3. The van der Waals surface area contributed by atoms with Crippen LogP contribution in [-0.4, -0.2) is 57.5 Å². The highest BCUT2D eigenvalue weighted by molar-refractivity contribution is 8.00. The predicted octanol–water partition coefficient (Wildman–Crippen LogP) is 1.48. The number of carboxylic acids is 1. The Hall–Kier alpha value is -2.81. The fourth-order valence-electron chi connectivity index (χ4n) is 3.49. The number of β-lactam (4-membered cyclic amide) rings is 1. The van der Waals surface area contributed by atoms with E-state index in [1.807, 2.05) is 37.3 Å². The molecular weight excluding hydrogens is 396 g/mol. The minimum atomic E-state index is -1.26. The molecule has 9 heteroatoms. The van der Waals surface area contributed by atoms with Crippen LogP contribution in [0.4, 0.5) is 0 Å². The van der Waals surface area contributed by atoms with E-state index in [1.54, 1.807) is 0 Å². The number of nitrogens with zero attached hydrogens (tertiary/aromatic N) is 1. The Labute approximate surface area is 172 Å². The highest BCUT2D eigenvalue weighted by Gasteiger charge is 2.54. The van der Waals surface area contributed by atoms with Gasteiger partial charge in [-0.15, -0.1) is 11.8 Å².